The number of hydrogen-bond acceptors (Lipinski definition) is 2. The third-order valence-corrected chi connectivity index (χ3v) is 4.13. The highest BCUT2D eigenvalue weighted by atomic mass is 15.2. The molecular weight excluding hydrogens is 196 g/mol. The minimum Gasteiger partial charge on any atom is -0.300 e. The number of fused-ring (bicyclic) bond motifs is 1. The van der Waals surface area contributed by atoms with E-state index in [1.165, 1.54) is 56.5 Å². The van der Waals surface area contributed by atoms with Crippen molar-refractivity contribution in [3.8, 4) is 0 Å². The highest BCUT2D eigenvalue weighted by Crippen LogP contribution is 2.25. The Balaban J connectivity index is 1.71. The highest BCUT2D eigenvalue weighted by molar-refractivity contribution is 5.21. The molecule has 0 atom stereocenters. The molecule has 3 rings (SSSR count). The first-order valence-corrected chi connectivity index (χ1v) is 6.60. The van der Waals surface area contributed by atoms with E-state index in [2.05, 4.69) is 22.0 Å². The van der Waals surface area contributed by atoms with Crippen LogP contribution in [0.15, 0.2) is 18.3 Å². The molecule has 0 bridgehead atoms. The van der Waals surface area contributed by atoms with Gasteiger partial charge >= 0.3 is 0 Å². The van der Waals surface area contributed by atoms with Crippen molar-refractivity contribution in [2.24, 2.45) is 0 Å². The van der Waals surface area contributed by atoms with Crippen molar-refractivity contribution >= 4 is 0 Å². The summed E-state index contributed by atoms with van der Waals surface area (Å²) in [6.07, 6.45) is 9.99. The fourth-order valence-electron chi connectivity index (χ4n) is 3.18. The Morgan fingerprint density at radius 3 is 2.81 bits per heavy atom. The van der Waals surface area contributed by atoms with E-state index in [9.17, 15) is 0 Å². The van der Waals surface area contributed by atoms with Crippen LogP contribution in [0.3, 0.4) is 0 Å². The van der Waals surface area contributed by atoms with Crippen LogP contribution >= 0.6 is 0 Å². The van der Waals surface area contributed by atoms with Gasteiger partial charge in [0.2, 0.25) is 0 Å². The summed E-state index contributed by atoms with van der Waals surface area (Å²) in [7, 11) is 0. The lowest BCUT2D eigenvalue weighted by Crippen LogP contribution is -2.35. The fraction of sp³-hybridized carbons (Fsp3) is 0.643. The maximum Gasteiger partial charge on any atom is 0.0448 e. The van der Waals surface area contributed by atoms with Gasteiger partial charge in [0, 0.05) is 37.4 Å². The molecule has 1 aliphatic heterocycles. The zero-order valence-electron chi connectivity index (χ0n) is 9.86. The smallest absolute Gasteiger partial charge is 0.0448 e. The number of aromatic nitrogens is 1. The first kappa shape index (κ1) is 10.3. The van der Waals surface area contributed by atoms with Crippen molar-refractivity contribution in [2.45, 2.75) is 44.6 Å². The largest absolute Gasteiger partial charge is 0.300 e. The summed E-state index contributed by atoms with van der Waals surface area (Å²) in [4.78, 5) is 7.22. The quantitative estimate of drug-likeness (QED) is 0.716. The van der Waals surface area contributed by atoms with Crippen LogP contribution < -0.4 is 0 Å². The summed E-state index contributed by atoms with van der Waals surface area (Å²) in [6, 6.07) is 5.19. The maximum absolute atomic E-state index is 4.51. The molecule has 0 amide bonds. The zero-order valence-corrected chi connectivity index (χ0v) is 9.86. The van der Waals surface area contributed by atoms with Crippen molar-refractivity contribution < 1.29 is 0 Å². The van der Waals surface area contributed by atoms with Crippen molar-refractivity contribution in [1.82, 2.24) is 9.88 Å². The molecule has 1 aromatic rings. The van der Waals surface area contributed by atoms with E-state index in [0.29, 0.717) is 0 Å². The molecule has 0 N–H and O–H groups in total. The van der Waals surface area contributed by atoms with Gasteiger partial charge in [-0.1, -0.05) is 18.9 Å². The predicted molar refractivity (Wildman–Crippen MR) is 65.5 cm³/mol. The zero-order chi connectivity index (χ0) is 10.8. The van der Waals surface area contributed by atoms with Gasteiger partial charge in [-0.15, -0.1) is 0 Å². The van der Waals surface area contributed by atoms with Gasteiger partial charge in [-0.25, -0.2) is 0 Å². The van der Waals surface area contributed by atoms with Crippen molar-refractivity contribution in [2.75, 3.05) is 13.1 Å². The summed E-state index contributed by atoms with van der Waals surface area (Å²) in [6.45, 7) is 2.46. The van der Waals surface area contributed by atoms with Crippen LogP contribution in [0.5, 0.6) is 0 Å². The molecule has 0 saturated heterocycles. The second kappa shape index (κ2) is 4.54. The van der Waals surface area contributed by atoms with Crippen LogP contribution in [0.25, 0.3) is 0 Å². The summed E-state index contributed by atoms with van der Waals surface area (Å²) in [5.41, 5.74) is 2.81. The van der Waals surface area contributed by atoms with E-state index < -0.39 is 0 Å². The average Bonchev–Trinajstić information content (AvgIpc) is 2.76. The standard InChI is InChI=1S/C14H20N2/c1-2-6-13(5-1)16-10-7-12-4-3-9-15-14(12)8-11-16/h3-4,9,13H,1-2,5-8,10-11H2. The van der Waals surface area contributed by atoms with Gasteiger partial charge in [0.25, 0.3) is 0 Å². The van der Waals surface area contributed by atoms with Crippen molar-refractivity contribution in [1.29, 1.82) is 0 Å². The van der Waals surface area contributed by atoms with Crippen LogP contribution in [0.2, 0.25) is 0 Å². The predicted octanol–water partition coefficient (Wildman–Crippen LogP) is 2.42. The van der Waals surface area contributed by atoms with E-state index in [4.69, 9.17) is 0 Å². The van der Waals surface area contributed by atoms with Gasteiger partial charge in [0.05, 0.1) is 0 Å². The van der Waals surface area contributed by atoms with E-state index in [1.807, 2.05) is 6.20 Å². The highest BCUT2D eigenvalue weighted by Gasteiger charge is 2.24. The van der Waals surface area contributed by atoms with Crippen LogP contribution in [-0.4, -0.2) is 29.0 Å². The van der Waals surface area contributed by atoms with Crippen LogP contribution in [0, 0.1) is 0 Å². The molecule has 2 heterocycles. The van der Waals surface area contributed by atoms with Crippen molar-refractivity contribution in [3.05, 3.63) is 29.6 Å². The SMILES string of the molecule is c1cnc2c(c1)CCN(C1CCCC1)CC2. The number of pyridine rings is 1. The second-order valence-corrected chi connectivity index (χ2v) is 5.08. The van der Waals surface area contributed by atoms with E-state index in [0.717, 1.165) is 12.5 Å². The Morgan fingerprint density at radius 2 is 1.94 bits per heavy atom. The molecule has 2 nitrogen and oxygen atoms in total. The Hall–Kier alpha value is -0.890. The minimum atomic E-state index is 0.870. The summed E-state index contributed by atoms with van der Waals surface area (Å²) < 4.78 is 0. The number of hydrogen-bond donors (Lipinski definition) is 0. The lowest BCUT2D eigenvalue weighted by atomic mass is 10.1. The van der Waals surface area contributed by atoms with E-state index in [1.54, 1.807) is 0 Å². The van der Waals surface area contributed by atoms with Crippen LogP contribution in [0.4, 0.5) is 0 Å². The molecule has 86 valence electrons. The maximum atomic E-state index is 4.51. The molecule has 1 fully saturated rings. The molecule has 1 saturated carbocycles. The Morgan fingerprint density at radius 1 is 1.12 bits per heavy atom. The molecule has 2 aliphatic rings. The fourth-order valence-corrected chi connectivity index (χ4v) is 3.18. The molecular formula is C14H20N2. The Kier molecular flexibility index (Phi) is 2.92. The molecule has 0 radical (unpaired) electrons. The molecule has 0 unspecified atom stereocenters. The lowest BCUT2D eigenvalue weighted by Gasteiger charge is -2.26. The van der Waals surface area contributed by atoms with Gasteiger partial charge in [-0.2, -0.15) is 0 Å². The van der Waals surface area contributed by atoms with Gasteiger partial charge in [-0.05, 0) is 30.9 Å². The average molecular weight is 216 g/mol. The topological polar surface area (TPSA) is 16.1 Å². The van der Waals surface area contributed by atoms with Gasteiger partial charge < -0.3 is 0 Å². The summed E-state index contributed by atoms with van der Waals surface area (Å²) in [5, 5.41) is 0. The molecule has 0 aromatic carbocycles. The van der Waals surface area contributed by atoms with Gasteiger partial charge in [0.15, 0.2) is 0 Å². The third-order valence-electron chi connectivity index (χ3n) is 4.13. The van der Waals surface area contributed by atoms with Gasteiger partial charge in [-0.3, -0.25) is 9.88 Å². The monoisotopic (exact) mass is 216 g/mol. The molecule has 16 heavy (non-hydrogen) atoms. The van der Waals surface area contributed by atoms with Gasteiger partial charge in [0.1, 0.15) is 0 Å². The summed E-state index contributed by atoms with van der Waals surface area (Å²) >= 11 is 0. The molecule has 2 heteroatoms. The second-order valence-electron chi connectivity index (χ2n) is 5.08. The molecule has 1 aliphatic carbocycles. The summed E-state index contributed by atoms with van der Waals surface area (Å²) in [5.74, 6) is 0. The van der Waals surface area contributed by atoms with E-state index in [-0.39, 0.29) is 0 Å². The Bertz CT molecular complexity index is 329. The minimum absolute atomic E-state index is 0.870. The van der Waals surface area contributed by atoms with E-state index >= 15 is 0 Å². The first-order valence-electron chi connectivity index (χ1n) is 6.60. The number of rotatable bonds is 1. The van der Waals surface area contributed by atoms with Crippen LogP contribution in [-0.2, 0) is 12.8 Å². The lowest BCUT2D eigenvalue weighted by molar-refractivity contribution is 0.208. The molecule has 0 spiro atoms. The van der Waals surface area contributed by atoms with Crippen LogP contribution in [0.1, 0.15) is 36.9 Å². The number of nitrogens with zero attached hydrogens (tertiary/aromatic N) is 2. The van der Waals surface area contributed by atoms with Crippen molar-refractivity contribution in [3.63, 3.8) is 0 Å². The molecule has 1 aromatic heterocycles. The Labute approximate surface area is 97.7 Å². The third kappa shape index (κ3) is 1.99. The first-order chi connectivity index (χ1) is 7.93. The normalized spacial score (nSPS) is 23.0.